The molecule has 1 aromatic carbocycles. The molecule has 104 valence electrons. The highest BCUT2D eigenvalue weighted by Gasteiger charge is 2.30. The fourth-order valence-corrected chi connectivity index (χ4v) is 1.98. The first-order valence-corrected chi connectivity index (χ1v) is 6.16. The van der Waals surface area contributed by atoms with Gasteiger partial charge >= 0.3 is 0 Å². The molecule has 1 fully saturated rings. The van der Waals surface area contributed by atoms with Crippen molar-refractivity contribution in [3.05, 3.63) is 41.2 Å². The van der Waals surface area contributed by atoms with Gasteiger partial charge in [-0.15, -0.1) is 0 Å². The van der Waals surface area contributed by atoms with Crippen molar-refractivity contribution in [2.45, 2.75) is 18.8 Å². The molecule has 3 rings (SSSR count). The van der Waals surface area contributed by atoms with Crippen molar-refractivity contribution in [2.75, 3.05) is 11.1 Å². The minimum atomic E-state index is -1.03. The van der Waals surface area contributed by atoms with E-state index in [1.54, 1.807) is 0 Å². The van der Waals surface area contributed by atoms with Gasteiger partial charge in [-0.3, -0.25) is 9.89 Å². The number of halogens is 2. The van der Waals surface area contributed by atoms with E-state index >= 15 is 0 Å². The minimum absolute atomic E-state index is 0.0663. The maximum absolute atomic E-state index is 13.1. The maximum Gasteiger partial charge on any atom is 0.278 e. The lowest BCUT2D eigenvalue weighted by molar-refractivity contribution is 0.102. The van der Waals surface area contributed by atoms with E-state index in [1.807, 2.05) is 0 Å². The van der Waals surface area contributed by atoms with E-state index in [2.05, 4.69) is 15.5 Å². The molecule has 0 bridgehead atoms. The Morgan fingerprint density at radius 2 is 2.10 bits per heavy atom. The van der Waals surface area contributed by atoms with Crippen LogP contribution in [0.15, 0.2) is 18.2 Å². The van der Waals surface area contributed by atoms with Crippen LogP contribution in [0.1, 0.15) is 34.9 Å². The largest absolute Gasteiger partial charge is 0.395 e. The third-order valence-electron chi connectivity index (χ3n) is 3.21. The number of nitrogens with one attached hydrogen (secondary N) is 2. The molecule has 1 saturated carbocycles. The Morgan fingerprint density at radius 3 is 2.75 bits per heavy atom. The molecule has 0 unspecified atom stereocenters. The number of nitrogen functional groups attached to an aromatic ring is 1. The molecular weight excluding hydrogens is 266 g/mol. The molecule has 1 amide bonds. The van der Waals surface area contributed by atoms with E-state index in [0.29, 0.717) is 11.6 Å². The van der Waals surface area contributed by atoms with Gasteiger partial charge < -0.3 is 11.1 Å². The smallest absolute Gasteiger partial charge is 0.278 e. The molecule has 1 aliphatic carbocycles. The Bertz CT molecular complexity index is 679. The third-order valence-corrected chi connectivity index (χ3v) is 3.21. The summed E-state index contributed by atoms with van der Waals surface area (Å²) in [6.45, 7) is 0. The average Bonchev–Trinajstić information content (AvgIpc) is 3.17. The SMILES string of the molecule is Nc1c(C(=O)Nc2ccc(F)c(F)c2)n[nH]c1C1CC1. The molecule has 0 spiro atoms. The molecule has 4 N–H and O–H groups in total. The van der Waals surface area contributed by atoms with Crippen LogP contribution in [0.3, 0.4) is 0 Å². The number of carbonyl (C=O) groups is 1. The van der Waals surface area contributed by atoms with E-state index in [4.69, 9.17) is 5.73 Å². The molecule has 0 aliphatic heterocycles. The Balaban J connectivity index is 1.80. The maximum atomic E-state index is 13.1. The summed E-state index contributed by atoms with van der Waals surface area (Å²) in [5.41, 5.74) is 7.15. The summed E-state index contributed by atoms with van der Waals surface area (Å²) in [7, 11) is 0. The van der Waals surface area contributed by atoms with Crippen molar-refractivity contribution in [1.82, 2.24) is 10.2 Å². The van der Waals surface area contributed by atoms with Gasteiger partial charge in [-0.25, -0.2) is 8.78 Å². The Labute approximate surface area is 113 Å². The van der Waals surface area contributed by atoms with Crippen LogP contribution < -0.4 is 11.1 Å². The number of hydrogen-bond acceptors (Lipinski definition) is 3. The second-order valence-electron chi connectivity index (χ2n) is 4.76. The molecule has 20 heavy (non-hydrogen) atoms. The Morgan fingerprint density at radius 1 is 1.35 bits per heavy atom. The fourth-order valence-electron chi connectivity index (χ4n) is 1.98. The predicted molar refractivity (Wildman–Crippen MR) is 69.3 cm³/mol. The number of aromatic amines is 1. The number of rotatable bonds is 3. The molecule has 1 aliphatic rings. The number of anilines is 2. The fraction of sp³-hybridized carbons (Fsp3) is 0.231. The van der Waals surface area contributed by atoms with Crippen LogP contribution in [0.25, 0.3) is 0 Å². The van der Waals surface area contributed by atoms with Crippen molar-refractivity contribution >= 4 is 17.3 Å². The second kappa shape index (κ2) is 4.59. The van der Waals surface area contributed by atoms with Gasteiger partial charge in [0.1, 0.15) is 0 Å². The quantitative estimate of drug-likeness (QED) is 0.806. The van der Waals surface area contributed by atoms with Crippen LogP contribution >= 0.6 is 0 Å². The summed E-state index contributed by atoms with van der Waals surface area (Å²) < 4.78 is 25.9. The van der Waals surface area contributed by atoms with Gasteiger partial charge in [0.25, 0.3) is 5.91 Å². The third kappa shape index (κ3) is 2.22. The van der Waals surface area contributed by atoms with E-state index in [9.17, 15) is 13.6 Å². The number of hydrogen-bond donors (Lipinski definition) is 3. The minimum Gasteiger partial charge on any atom is -0.395 e. The van der Waals surface area contributed by atoms with Crippen LogP contribution in [0, 0.1) is 11.6 Å². The number of amides is 1. The number of nitrogens with two attached hydrogens (primary N) is 1. The number of aromatic nitrogens is 2. The molecule has 0 atom stereocenters. The highest BCUT2D eigenvalue weighted by Crippen LogP contribution is 2.42. The van der Waals surface area contributed by atoms with Crippen molar-refractivity contribution < 1.29 is 13.6 Å². The van der Waals surface area contributed by atoms with Crippen LogP contribution in [0.2, 0.25) is 0 Å². The number of nitrogens with zero attached hydrogens (tertiary/aromatic N) is 1. The lowest BCUT2D eigenvalue weighted by atomic mass is 10.2. The zero-order chi connectivity index (χ0) is 14.3. The van der Waals surface area contributed by atoms with Crippen molar-refractivity contribution in [3.8, 4) is 0 Å². The monoisotopic (exact) mass is 278 g/mol. The van der Waals surface area contributed by atoms with Crippen LogP contribution in [-0.4, -0.2) is 16.1 Å². The van der Waals surface area contributed by atoms with E-state index in [1.165, 1.54) is 6.07 Å². The van der Waals surface area contributed by atoms with E-state index < -0.39 is 17.5 Å². The molecule has 0 radical (unpaired) electrons. The molecule has 2 aromatic rings. The first kappa shape index (κ1) is 12.6. The lowest BCUT2D eigenvalue weighted by Crippen LogP contribution is -2.14. The number of benzene rings is 1. The van der Waals surface area contributed by atoms with Crippen LogP contribution in [0.4, 0.5) is 20.2 Å². The van der Waals surface area contributed by atoms with Gasteiger partial charge in [0, 0.05) is 17.7 Å². The molecular formula is C13H12F2N4O. The summed E-state index contributed by atoms with van der Waals surface area (Å²) in [4.78, 5) is 12.0. The van der Waals surface area contributed by atoms with E-state index in [-0.39, 0.29) is 11.4 Å². The molecule has 5 nitrogen and oxygen atoms in total. The first-order valence-electron chi connectivity index (χ1n) is 6.16. The zero-order valence-electron chi connectivity index (χ0n) is 10.4. The van der Waals surface area contributed by atoms with Crippen LogP contribution in [-0.2, 0) is 0 Å². The van der Waals surface area contributed by atoms with Crippen molar-refractivity contribution in [1.29, 1.82) is 0 Å². The summed E-state index contributed by atoms with van der Waals surface area (Å²) in [5, 5.41) is 9.07. The van der Waals surface area contributed by atoms with Gasteiger partial charge in [-0.1, -0.05) is 0 Å². The molecule has 7 heteroatoms. The standard InChI is InChI=1S/C13H12F2N4O/c14-8-4-3-7(5-9(8)15)17-13(20)12-10(16)11(18-19-12)6-1-2-6/h3-6H,1-2,16H2,(H,17,20)(H,18,19). The van der Waals surface area contributed by atoms with E-state index in [0.717, 1.165) is 30.7 Å². The molecule has 1 aromatic heterocycles. The summed E-state index contributed by atoms with van der Waals surface area (Å²) in [6.07, 6.45) is 2.05. The lowest BCUT2D eigenvalue weighted by Gasteiger charge is -2.04. The topological polar surface area (TPSA) is 83.8 Å². The van der Waals surface area contributed by atoms with Gasteiger partial charge in [-0.2, -0.15) is 5.10 Å². The second-order valence-corrected chi connectivity index (χ2v) is 4.76. The molecule has 1 heterocycles. The summed E-state index contributed by atoms with van der Waals surface area (Å²) in [6, 6.07) is 3.10. The van der Waals surface area contributed by atoms with Crippen molar-refractivity contribution in [3.63, 3.8) is 0 Å². The zero-order valence-corrected chi connectivity index (χ0v) is 10.4. The highest BCUT2D eigenvalue weighted by atomic mass is 19.2. The van der Waals surface area contributed by atoms with Gasteiger partial charge in [-0.05, 0) is 25.0 Å². The van der Waals surface area contributed by atoms with Crippen LogP contribution in [0.5, 0.6) is 0 Å². The predicted octanol–water partition coefficient (Wildman–Crippen LogP) is 2.40. The average molecular weight is 278 g/mol. The van der Waals surface area contributed by atoms with Gasteiger partial charge in [0.05, 0.1) is 11.4 Å². The van der Waals surface area contributed by atoms with Crippen molar-refractivity contribution in [2.24, 2.45) is 0 Å². The van der Waals surface area contributed by atoms with Gasteiger partial charge in [0.15, 0.2) is 17.3 Å². The molecule has 0 saturated heterocycles. The highest BCUT2D eigenvalue weighted by molar-refractivity contribution is 6.06. The van der Waals surface area contributed by atoms with Gasteiger partial charge in [0.2, 0.25) is 0 Å². The Hall–Kier alpha value is -2.44. The summed E-state index contributed by atoms with van der Waals surface area (Å²) in [5.74, 6) is -2.22. The number of H-pyrrole nitrogens is 1. The first-order chi connectivity index (χ1) is 9.56. The number of carbonyl (C=O) groups excluding carboxylic acids is 1. The summed E-state index contributed by atoms with van der Waals surface area (Å²) >= 11 is 0. The normalized spacial score (nSPS) is 14.3. The Kier molecular flexibility index (Phi) is 2.89.